The second-order valence-corrected chi connectivity index (χ2v) is 10.8. The molecule has 4 rings (SSSR count). The Labute approximate surface area is 238 Å². The molecular weight excluding hydrogens is 526 g/mol. The molecule has 0 radical (unpaired) electrons. The van der Waals surface area contributed by atoms with Gasteiger partial charge in [0.25, 0.3) is 0 Å². The first-order valence-electron chi connectivity index (χ1n) is 13.8. The zero-order chi connectivity index (χ0) is 29.5. The Morgan fingerprint density at radius 2 is 1.61 bits per heavy atom. The average molecular weight is 564 g/mol. The molecule has 0 spiro atoms. The van der Waals surface area contributed by atoms with Crippen LogP contribution in [-0.4, -0.2) is 69.6 Å². The zero-order valence-corrected chi connectivity index (χ0v) is 23.1. The summed E-state index contributed by atoms with van der Waals surface area (Å²) in [6, 6.07) is 10.1. The summed E-state index contributed by atoms with van der Waals surface area (Å²) in [6.07, 6.45) is 3.47. The fourth-order valence-corrected chi connectivity index (χ4v) is 5.03. The Morgan fingerprint density at radius 3 is 2.27 bits per heavy atom. The maximum atomic E-state index is 13.7. The van der Waals surface area contributed by atoms with Gasteiger partial charge in [0.1, 0.15) is 23.9 Å². The number of aromatic amines is 1. The van der Waals surface area contributed by atoms with E-state index in [1.54, 1.807) is 32.2 Å². The van der Waals surface area contributed by atoms with Gasteiger partial charge in [0.05, 0.1) is 6.04 Å². The number of phenols is 1. The standard InChI is InChI=1S/C30H37N5O6/c1-17(2)26(30(40)41)35-29(39)25(15-19-16-32-22-7-4-3-6-21(19)22)34-28(38)24(14-18-9-11-20(36)12-10-18)33-27(37)23-8-5-13-31-23/h3-4,6-7,9-12,16-17,23-26,31-32,36H,5,8,13-15H2,1-2H3,(H,33,37)(H,34,38)(H,35,39)(H,40,41). The molecule has 218 valence electrons. The van der Waals surface area contributed by atoms with Gasteiger partial charge in [0, 0.05) is 29.9 Å². The number of aromatic hydroxyl groups is 1. The molecule has 11 nitrogen and oxygen atoms in total. The summed E-state index contributed by atoms with van der Waals surface area (Å²) >= 11 is 0. The minimum atomic E-state index is -1.17. The van der Waals surface area contributed by atoms with Crippen LogP contribution in [0.25, 0.3) is 10.9 Å². The Kier molecular flexibility index (Phi) is 9.61. The van der Waals surface area contributed by atoms with E-state index in [9.17, 15) is 29.4 Å². The van der Waals surface area contributed by atoms with Crippen molar-refractivity contribution in [1.29, 1.82) is 0 Å². The molecule has 0 bridgehead atoms. The Balaban J connectivity index is 1.60. The van der Waals surface area contributed by atoms with Crippen molar-refractivity contribution in [3.05, 3.63) is 65.9 Å². The number of para-hydroxylation sites is 1. The quantitative estimate of drug-likeness (QED) is 0.175. The lowest BCUT2D eigenvalue weighted by Gasteiger charge is -2.26. The highest BCUT2D eigenvalue weighted by Gasteiger charge is 2.33. The Morgan fingerprint density at radius 1 is 0.927 bits per heavy atom. The van der Waals surface area contributed by atoms with E-state index in [0.717, 1.165) is 22.9 Å². The first-order valence-corrected chi connectivity index (χ1v) is 13.8. The van der Waals surface area contributed by atoms with Crippen LogP contribution in [0.3, 0.4) is 0 Å². The molecule has 3 aromatic rings. The van der Waals surface area contributed by atoms with Gasteiger partial charge >= 0.3 is 5.97 Å². The van der Waals surface area contributed by atoms with Gasteiger partial charge < -0.3 is 36.5 Å². The molecule has 1 saturated heterocycles. The first-order chi connectivity index (χ1) is 19.6. The smallest absolute Gasteiger partial charge is 0.326 e. The molecule has 0 saturated carbocycles. The summed E-state index contributed by atoms with van der Waals surface area (Å²) in [5.41, 5.74) is 2.33. The van der Waals surface area contributed by atoms with Crippen molar-refractivity contribution < 1.29 is 29.4 Å². The van der Waals surface area contributed by atoms with Crippen LogP contribution < -0.4 is 21.3 Å². The number of H-pyrrole nitrogens is 1. The zero-order valence-electron chi connectivity index (χ0n) is 23.1. The number of nitrogens with one attached hydrogen (secondary N) is 5. The minimum absolute atomic E-state index is 0.0718. The molecule has 7 N–H and O–H groups in total. The summed E-state index contributed by atoms with van der Waals surface area (Å²) < 4.78 is 0. The molecule has 1 aliphatic heterocycles. The minimum Gasteiger partial charge on any atom is -0.508 e. The van der Waals surface area contributed by atoms with E-state index in [2.05, 4.69) is 26.3 Å². The lowest BCUT2D eigenvalue weighted by Crippen LogP contribution is -2.58. The molecule has 11 heteroatoms. The Bertz CT molecular complexity index is 1380. The molecule has 2 heterocycles. The van der Waals surface area contributed by atoms with Crippen LogP contribution in [0.2, 0.25) is 0 Å². The number of carboxylic acids is 1. The fourth-order valence-electron chi connectivity index (χ4n) is 5.03. The third kappa shape index (κ3) is 7.63. The number of aromatic nitrogens is 1. The van der Waals surface area contributed by atoms with Crippen LogP contribution in [0.15, 0.2) is 54.7 Å². The normalized spacial score (nSPS) is 17.1. The first kappa shape index (κ1) is 29.6. The van der Waals surface area contributed by atoms with Crippen molar-refractivity contribution in [2.24, 2.45) is 5.92 Å². The number of hydrogen-bond donors (Lipinski definition) is 7. The largest absolute Gasteiger partial charge is 0.508 e. The van der Waals surface area contributed by atoms with Crippen molar-refractivity contribution in [2.45, 2.75) is 63.7 Å². The number of rotatable bonds is 12. The molecule has 1 fully saturated rings. The van der Waals surface area contributed by atoms with Crippen molar-refractivity contribution in [1.82, 2.24) is 26.3 Å². The maximum absolute atomic E-state index is 13.7. The molecule has 3 amide bonds. The fraction of sp³-hybridized carbons (Fsp3) is 0.400. The lowest BCUT2D eigenvalue weighted by atomic mass is 10.00. The van der Waals surface area contributed by atoms with E-state index in [1.165, 1.54) is 12.1 Å². The van der Waals surface area contributed by atoms with Gasteiger partial charge in [-0.3, -0.25) is 14.4 Å². The van der Waals surface area contributed by atoms with Crippen LogP contribution in [0.1, 0.15) is 37.8 Å². The molecule has 4 unspecified atom stereocenters. The average Bonchev–Trinajstić information content (AvgIpc) is 3.62. The van der Waals surface area contributed by atoms with E-state index in [0.29, 0.717) is 18.5 Å². The third-order valence-electron chi connectivity index (χ3n) is 7.35. The summed E-state index contributed by atoms with van der Waals surface area (Å²) in [4.78, 5) is 55.2. The number of carboxylic acid groups (broad SMARTS) is 1. The molecular formula is C30H37N5O6. The molecule has 0 aliphatic carbocycles. The van der Waals surface area contributed by atoms with Crippen LogP contribution >= 0.6 is 0 Å². The van der Waals surface area contributed by atoms with E-state index >= 15 is 0 Å². The second-order valence-electron chi connectivity index (χ2n) is 10.8. The number of phenolic OH excluding ortho intramolecular Hbond substituents is 1. The van der Waals surface area contributed by atoms with Crippen molar-refractivity contribution in [3.8, 4) is 5.75 Å². The van der Waals surface area contributed by atoms with E-state index in [-0.39, 0.29) is 30.4 Å². The SMILES string of the molecule is CC(C)C(NC(=O)C(Cc1c[nH]c2ccccc12)NC(=O)C(Cc1ccc(O)cc1)NC(=O)C1CCCN1)C(=O)O. The van der Waals surface area contributed by atoms with E-state index < -0.39 is 42.0 Å². The number of carbonyl (C=O) groups excluding carboxylic acids is 3. The molecule has 41 heavy (non-hydrogen) atoms. The van der Waals surface area contributed by atoms with Crippen LogP contribution in [0.4, 0.5) is 0 Å². The van der Waals surface area contributed by atoms with Gasteiger partial charge in [0.2, 0.25) is 17.7 Å². The molecule has 2 aromatic carbocycles. The lowest BCUT2D eigenvalue weighted by molar-refractivity contribution is -0.143. The predicted molar refractivity (Wildman–Crippen MR) is 153 cm³/mol. The van der Waals surface area contributed by atoms with Crippen molar-refractivity contribution in [2.75, 3.05) is 6.54 Å². The van der Waals surface area contributed by atoms with Crippen LogP contribution in [0, 0.1) is 5.92 Å². The number of benzene rings is 2. The van der Waals surface area contributed by atoms with Crippen molar-refractivity contribution in [3.63, 3.8) is 0 Å². The molecule has 1 aromatic heterocycles. The van der Waals surface area contributed by atoms with Gasteiger partial charge in [-0.25, -0.2) is 4.79 Å². The highest BCUT2D eigenvalue weighted by molar-refractivity contribution is 5.95. The number of hydrogen-bond acceptors (Lipinski definition) is 6. The predicted octanol–water partition coefficient (Wildman–Crippen LogP) is 1.61. The van der Waals surface area contributed by atoms with Gasteiger partial charge in [-0.1, -0.05) is 44.2 Å². The highest BCUT2D eigenvalue weighted by Crippen LogP contribution is 2.20. The van der Waals surface area contributed by atoms with Gasteiger partial charge in [-0.15, -0.1) is 0 Å². The second kappa shape index (κ2) is 13.3. The highest BCUT2D eigenvalue weighted by atomic mass is 16.4. The number of amides is 3. The summed E-state index contributed by atoms with van der Waals surface area (Å²) in [6.45, 7) is 4.08. The van der Waals surface area contributed by atoms with Gasteiger partial charge in [0.15, 0.2) is 0 Å². The number of carbonyl (C=O) groups is 4. The van der Waals surface area contributed by atoms with Crippen molar-refractivity contribution >= 4 is 34.6 Å². The summed E-state index contributed by atoms with van der Waals surface area (Å²) in [5, 5.41) is 31.5. The maximum Gasteiger partial charge on any atom is 0.326 e. The summed E-state index contributed by atoms with van der Waals surface area (Å²) in [5.74, 6) is -3.03. The number of fused-ring (bicyclic) bond motifs is 1. The third-order valence-corrected chi connectivity index (χ3v) is 7.35. The Hall–Kier alpha value is -4.38. The van der Waals surface area contributed by atoms with Crippen LogP contribution in [0.5, 0.6) is 5.75 Å². The monoisotopic (exact) mass is 563 g/mol. The molecule has 4 atom stereocenters. The molecule has 1 aliphatic rings. The number of aliphatic carboxylic acids is 1. The van der Waals surface area contributed by atoms with E-state index in [4.69, 9.17) is 0 Å². The topological polar surface area (TPSA) is 173 Å². The van der Waals surface area contributed by atoms with E-state index in [1.807, 2.05) is 24.3 Å². The van der Waals surface area contributed by atoms with Crippen LogP contribution in [-0.2, 0) is 32.0 Å². The van der Waals surface area contributed by atoms with Gasteiger partial charge in [-0.05, 0) is 54.6 Å². The van der Waals surface area contributed by atoms with Gasteiger partial charge in [-0.2, -0.15) is 0 Å². The summed E-state index contributed by atoms with van der Waals surface area (Å²) in [7, 11) is 0.